The molecule has 0 unspecified atom stereocenters. The van der Waals surface area contributed by atoms with Gasteiger partial charge in [-0.15, -0.1) is 0 Å². The molecule has 0 saturated carbocycles. The molecule has 0 atom stereocenters. The van der Waals surface area contributed by atoms with Crippen LogP contribution in [0, 0.1) is 3.57 Å². The van der Waals surface area contributed by atoms with Crippen LogP contribution in [0.15, 0.2) is 18.2 Å². The fourth-order valence-corrected chi connectivity index (χ4v) is 2.30. The Balaban J connectivity index is 2.18. The number of benzene rings is 1. The summed E-state index contributed by atoms with van der Waals surface area (Å²) >= 11 is 2.19. The molecule has 92 valence electrons. The predicted molar refractivity (Wildman–Crippen MR) is 72.4 cm³/mol. The molecule has 1 fully saturated rings. The van der Waals surface area contributed by atoms with E-state index < -0.39 is 0 Å². The lowest BCUT2D eigenvalue weighted by Gasteiger charge is -2.27. The summed E-state index contributed by atoms with van der Waals surface area (Å²) in [4.78, 5) is 14.0. The molecule has 5 heteroatoms. The zero-order valence-electron chi connectivity index (χ0n) is 9.61. The van der Waals surface area contributed by atoms with E-state index in [1.807, 2.05) is 17.0 Å². The molecular formula is C12H14INO3. The molecule has 1 aromatic rings. The lowest BCUT2D eigenvalue weighted by atomic mass is 10.2. The van der Waals surface area contributed by atoms with Crippen molar-refractivity contribution in [2.24, 2.45) is 0 Å². The number of carbonyl (C=O) groups excluding carboxylic acids is 1. The number of hydrogen-bond acceptors (Lipinski definition) is 3. The van der Waals surface area contributed by atoms with Crippen molar-refractivity contribution in [2.45, 2.75) is 0 Å². The molecule has 17 heavy (non-hydrogen) atoms. The molecule has 1 amide bonds. The second-order valence-electron chi connectivity index (χ2n) is 3.75. The van der Waals surface area contributed by atoms with E-state index in [1.54, 1.807) is 13.2 Å². The SMILES string of the molecule is COc1cc(C(=O)N2CCOCC2)ccc1I. The van der Waals surface area contributed by atoms with E-state index in [-0.39, 0.29) is 5.91 Å². The minimum Gasteiger partial charge on any atom is -0.496 e. The second-order valence-corrected chi connectivity index (χ2v) is 4.92. The second kappa shape index (κ2) is 5.68. The number of nitrogens with zero attached hydrogens (tertiary/aromatic N) is 1. The highest BCUT2D eigenvalue weighted by molar-refractivity contribution is 14.1. The topological polar surface area (TPSA) is 38.8 Å². The van der Waals surface area contributed by atoms with Crippen LogP contribution in [-0.4, -0.2) is 44.2 Å². The Bertz CT molecular complexity index is 416. The van der Waals surface area contributed by atoms with Crippen molar-refractivity contribution in [3.8, 4) is 5.75 Å². The molecule has 2 rings (SSSR count). The van der Waals surface area contributed by atoms with Crippen molar-refractivity contribution in [1.29, 1.82) is 0 Å². The number of ether oxygens (including phenoxy) is 2. The van der Waals surface area contributed by atoms with Crippen molar-refractivity contribution in [3.05, 3.63) is 27.3 Å². The fourth-order valence-electron chi connectivity index (χ4n) is 1.74. The van der Waals surface area contributed by atoms with Gasteiger partial charge in [-0.25, -0.2) is 0 Å². The first-order valence-corrected chi connectivity index (χ1v) is 6.51. The average molecular weight is 347 g/mol. The third kappa shape index (κ3) is 2.90. The highest BCUT2D eigenvalue weighted by Gasteiger charge is 2.19. The van der Waals surface area contributed by atoms with E-state index in [2.05, 4.69) is 22.6 Å². The van der Waals surface area contributed by atoms with Crippen LogP contribution in [0.5, 0.6) is 5.75 Å². The molecule has 0 radical (unpaired) electrons. The van der Waals surface area contributed by atoms with Gasteiger partial charge >= 0.3 is 0 Å². The Labute approximate surface area is 114 Å². The molecule has 0 bridgehead atoms. The van der Waals surface area contributed by atoms with Crippen LogP contribution in [0.3, 0.4) is 0 Å². The Morgan fingerprint density at radius 3 is 2.76 bits per heavy atom. The summed E-state index contributed by atoms with van der Waals surface area (Å²) in [5, 5.41) is 0. The predicted octanol–water partition coefficient (Wildman–Crippen LogP) is 1.77. The van der Waals surface area contributed by atoms with Gasteiger partial charge in [0, 0.05) is 18.7 Å². The summed E-state index contributed by atoms with van der Waals surface area (Å²) in [6, 6.07) is 5.52. The lowest BCUT2D eigenvalue weighted by Crippen LogP contribution is -2.40. The smallest absolute Gasteiger partial charge is 0.254 e. The van der Waals surface area contributed by atoms with E-state index in [4.69, 9.17) is 9.47 Å². The number of methoxy groups -OCH3 is 1. The number of rotatable bonds is 2. The molecule has 1 saturated heterocycles. The highest BCUT2D eigenvalue weighted by atomic mass is 127. The zero-order chi connectivity index (χ0) is 12.3. The molecule has 1 heterocycles. The van der Waals surface area contributed by atoms with Gasteiger partial charge < -0.3 is 14.4 Å². The Hall–Kier alpha value is -0.820. The first kappa shape index (κ1) is 12.6. The van der Waals surface area contributed by atoms with Crippen LogP contribution >= 0.6 is 22.6 Å². The third-order valence-electron chi connectivity index (χ3n) is 2.70. The summed E-state index contributed by atoms with van der Waals surface area (Å²) in [5.41, 5.74) is 0.671. The van der Waals surface area contributed by atoms with Crippen molar-refractivity contribution in [3.63, 3.8) is 0 Å². The van der Waals surface area contributed by atoms with Gasteiger partial charge in [-0.1, -0.05) is 0 Å². The van der Waals surface area contributed by atoms with Gasteiger partial charge in [0.05, 0.1) is 23.9 Å². The van der Waals surface area contributed by atoms with Gasteiger partial charge in [0.1, 0.15) is 5.75 Å². The van der Waals surface area contributed by atoms with Crippen molar-refractivity contribution in [2.75, 3.05) is 33.4 Å². The van der Waals surface area contributed by atoms with Gasteiger partial charge in [-0.2, -0.15) is 0 Å². The zero-order valence-corrected chi connectivity index (χ0v) is 11.8. The van der Waals surface area contributed by atoms with Crippen molar-refractivity contribution in [1.82, 2.24) is 4.90 Å². The van der Waals surface area contributed by atoms with Crippen LogP contribution in [0.1, 0.15) is 10.4 Å². The number of carbonyl (C=O) groups is 1. The van der Waals surface area contributed by atoms with Gasteiger partial charge in [0.25, 0.3) is 5.91 Å². The first-order valence-electron chi connectivity index (χ1n) is 5.43. The highest BCUT2D eigenvalue weighted by Crippen LogP contribution is 2.22. The lowest BCUT2D eigenvalue weighted by molar-refractivity contribution is 0.0302. The van der Waals surface area contributed by atoms with E-state index >= 15 is 0 Å². The van der Waals surface area contributed by atoms with Crippen molar-refractivity contribution < 1.29 is 14.3 Å². The molecular weight excluding hydrogens is 333 g/mol. The Morgan fingerprint density at radius 2 is 2.12 bits per heavy atom. The van der Waals surface area contributed by atoms with Crippen molar-refractivity contribution >= 4 is 28.5 Å². The van der Waals surface area contributed by atoms with Gasteiger partial charge in [-0.3, -0.25) is 4.79 Å². The summed E-state index contributed by atoms with van der Waals surface area (Å²) in [6.07, 6.45) is 0. The molecule has 1 aliphatic rings. The minimum atomic E-state index is 0.0444. The monoisotopic (exact) mass is 347 g/mol. The summed E-state index contributed by atoms with van der Waals surface area (Å²) in [7, 11) is 1.61. The molecule has 1 aromatic carbocycles. The normalized spacial score (nSPS) is 15.8. The summed E-state index contributed by atoms with van der Waals surface area (Å²) in [6.45, 7) is 2.56. The molecule has 4 nitrogen and oxygen atoms in total. The Morgan fingerprint density at radius 1 is 1.41 bits per heavy atom. The maximum absolute atomic E-state index is 12.2. The van der Waals surface area contributed by atoms with Crippen LogP contribution in [0.4, 0.5) is 0 Å². The van der Waals surface area contributed by atoms with Gasteiger partial charge in [0.2, 0.25) is 0 Å². The number of morpholine rings is 1. The minimum absolute atomic E-state index is 0.0444. The molecule has 0 N–H and O–H groups in total. The van der Waals surface area contributed by atoms with E-state index in [9.17, 15) is 4.79 Å². The molecule has 0 aliphatic carbocycles. The molecule has 0 aromatic heterocycles. The van der Waals surface area contributed by atoms with Crippen LogP contribution in [0.2, 0.25) is 0 Å². The first-order chi connectivity index (χ1) is 8.22. The number of halogens is 1. The maximum Gasteiger partial charge on any atom is 0.254 e. The molecule has 1 aliphatic heterocycles. The molecule has 0 spiro atoms. The van der Waals surface area contributed by atoms with E-state index in [0.717, 1.165) is 9.32 Å². The van der Waals surface area contributed by atoms with Crippen LogP contribution in [-0.2, 0) is 4.74 Å². The average Bonchev–Trinajstić information content (AvgIpc) is 2.39. The van der Waals surface area contributed by atoms with Gasteiger partial charge in [-0.05, 0) is 40.8 Å². The van der Waals surface area contributed by atoms with Crippen LogP contribution in [0.25, 0.3) is 0 Å². The fraction of sp³-hybridized carbons (Fsp3) is 0.417. The third-order valence-corrected chi connectivity index (χ3v) is 3.59. The summed E-state index contributed by atoms with van der Waals surface area (Å²) < 4.78 is 11.5. The maximum atomic E-state index is 12.2. The largest absolute Gasteiger partial charge is 0.496 e. The van der Waals surface area contributed by atoms with E-state index in [0.29, 0.717) is 31.9 Å². The quantitative estimate of drug-likeness (QED) is 0.766. The Kier molecular flexibility index (Phi) is 4.22. The summed E-state index contributed by atoms with van der Waals surface area (Å²) in [5.74, 6) is 0.785. The standard InChI is InChI=1S/C12H14INO3/c1-16-11-8-9(2-3-10(11)13)12(15)14-4-6-17-7-5-14/h2-3,8H,4-7H2,1H3. The van der Waals surface area contributed by atoms with Gasteiger partial charge in [0.15, 0.2) is 0 Å². The van der Waals surface area contributed by atoms with E-state index in [1.165, 1.54) is 0 Å². The number of amides is 1. The van der Waals surface area contributed by atoms with Crippen LogP contribution < -0.4 is 4.74 Å². The number of hydrogen-bond donors (Lipinski definition) is 0.